The molecule has 0 spiro atoms. The largest absolute Gasteiger partial charge is 0.479 e. The van der Waals surface area contributed by atoms with Crippen LogP contribution in [0.3, 0.4) is 0 Å². The molecular weight excluding hydrogens is 531 g/mol. The second-order valence-corrected chi connectivity index (χ2v) is 10.9. The van der Waals surface area contributed by atoms with Crippen molar-refractivity contribution in [2.75, 3.05) is 0 Å². The van der Waals surface area contributed by atoms with Crippen LogP contribution in [0.25, 0.3) is 10.9 Å². The van der Waals surface area contributed by atoms with Gasteiger partial charge in [0.2, 0.25) is 0 Å². The van der Waals surface area contributed by atoms with Gasteiger partial charge < -0.3 is 19.7 Å². The molecule has 4 rings (SSSR count). The lowest BCUT2D eigenvalue weighted by Gasteiger charge is -2.17. The Morgan fingerprint density at radius 2 is 1.73 bits per heavy atom. The molecule has 1 aromatic heterocycles. The van der Waals surface area contributed by atoms with E-state index in [0.29, 0.717) is 17.0 Å². The fraction of sp³-hybridized carbons (Fsp3) is 0.312. The first kappa shape index (κ1) is 29.2. The van der Waals surface area contributed by atoms with Crippen LogP contribution in [-0.2, 0) is 11.3 Å². The van der Waals surface area contributed by atoms with Gasteiger partial charge in [-0.05, 0) is 80.1 Å². The summed E-state index contributed by atoms with van der Waals surface area (Å²) in [5.74, 6) is -1.98. The summed E-state index contributed by atoms with van der Waals surface area (Å²) in [6.45, 7) is 11.8. The predicted octanol–water partition coefficient (Wildman–Crippen LogP) is 7.57. The normalized spacial score (nSPS) is 12.9. The van der Waals surface area contributed by atoms with E-state index >= 15 is 0 Å². The van der Waals surface area contributed by atoms with Gasteiger partial charge >= 0.3 is 5.97 Å². The second kappa shape index (κ2) is 11.7. The number of rotatable bonds is 9. The third-order valence-electron chi connectivity index (χ3n) is 7.43. The lowest BCUT2D eigenvalue weighted by molar-refractivity contribution is -0.144. The molecule has 2 unspecified atom stereocenters. The van der Waals surface area contributed by atoms with E-state index in [1.54, 1.807) is 12.1 Å². The van der Waals surface area contributed by atoms with Crippen molar-refractivity contribution in [2.45, 2.75) is 66.2 Å². The van der Waals surface area contributed by atoms with E-state index in [-0.39, 0.29) is 29.3 Å². The Hall–Kier alpha value is -3.84. The first-order chi connectivity index (χ1) is 18.9. The van der Waals surface area contributed by atoms with Crippen molar-refractivity contribution in [1.82, 2.24) is 9.88 Å². The van der Waals surface area contributed by atoms with Crippen molar-refractivity contribution < 1.29 is 23.8 Å². The van der Waals surface area contributed by atoms with Crippen LogP contribution in [0.4, 0.5) is 4.39 Å². The van der Waals surface area contributed by atoms with Crippen molar-refractivity contribution in [1.29, 1.82) is 0 Å². The Labute approximate surface area is 238 Å². The average Bonchev–Trinajstić information content (AvgIpc) is 3.16. The first-order valence-corrected chi connectivity index (χ1v) is 13.6. The Bertz CT molecular complexity index is 1590. The van der Waals surface area contributed by atoms with Crippen LogP contribution in [0.5, 0.6) is 5.75 Å². The van der Waals surface area contributed by atoms with Gasteiger partial charge in [-0.25, -0.2) is 9.18 Å². The smallest absolute Gasteiger partial charge is 0.344 e. The lowest BCUT2D eigenvalue weighted by atomic mass is 9.98. The molecule has 8 heteroatoms. The molecule has 1 amide bonds. The molecule has 0 fully saturated rings. The highest BCUT2D eigenvalue weighted by molar-refractivity contribution is 6.31. The van der Waals surface area contributed by atoms with Gasteiger partial charge in [-0.3, -0.25) is 4.79 Å². The van der Waals surface area contributed by atoms with Crippen LogP contribution >= 0.6 is 11.6 Å². The minimum atomic E-state index is -1.21. The van der Waals surface area contributed by atoms with E-state index in [9.17, 15) is 14.0 Å². The van der Waals surface area contributed by atoms with Gasteiger partial charge in [0.1, 0.15) is 0 Å². The highest BCUT2D eigenvalue weighted by Gasteiger charge is 2.21. The number of hydrogen-bond acceptors (Lipinski definition) is 3. The number of ether oxygens (including phenoxy) is 1. The molecule has 3 aromatic carbocycles. The Morgan fingerprint density at radius 1 is 1.02 bits per heavy atom. The number of benzene rings is 3. The number of carboxylic acids is 1. The summed E-state index contributed by atoms with van der Waals surface area (Å²) in [6, 6.07) is 16.7. The van der Waals surface area contributed by atoms with Gasteiger partial charge in [-0.1, -0.05) is 55.8 Å². The topological polar surface area (TPSA) is 80.6 Å². The minimum Gasteiger partial charge on any atom is -0.479 e. The van der Waals surface area contributed by atoms with Crippen LogP contribution in [0, 0.1) is 19.7 Å². The van der Waals surface area contributed by atoms with Crippen LogP contribution < -0.4 is 10.1 Å². The number of hydrogen-bond donors (Lipinski definition) is 2. The quantitative estimate of drug-likeness (QED) is 0.220. The highest BCUT2D eigenvalue weighted by atomic mass is 35.5. The van der Waals surface area contributed by atoms with Gasteiger partial charge in [-0.2, -0.15) is 0 Å². The molecular formula is C32H34ClFN2O4. The Morgan fingerprint density at radius 3 is 2.40 bits per heavy atom. The number of carbonyl (C=O) groups is 2. The Kier molecular flexibility index (Phi) is 8.54. The monoisotopic (exact) mass is 564 g/mol. The molecule has 0 radical (unpaired) electrons. The van der Waals surface area contributed by atoms with E-state index in [1.807, 2.05) is 49.6 Å². The predicted molar refractivity (Wildman–Crippen MR) is 156 cm³/mol. The van der Waals surface area contributed by atoms with Gasteiger partial charge in [0.15, 0.2) is 17.7 Å². The summed E-state index contributed by atoms with van der Waals surface area (Å²) in [5, 5.41) is 13.0. The van der Waals surface area contributed by atoms with Crippen molar-refractivity contribution in [3.8, 4) is 5.75 Å². The molecule has 0 saturated carbocycles. The van der Waals surface area contributed by atoms with Crippen molar-refractivity contribution in [3.63, 3.8) is 0 Å². The molecule has 6 nitrogen and oxygen atoms in total. The highest BCUT2D eigenvalue weighted by Crippen LogP contribution is 2.33. The van der Waals surface area contributed by atoms with Crippen molar-refractivity contribution in [3.05, 3.63) is 98.9 Å². The number of nitrogens with one attached hydrogen (secondary N) is 1. The maximum absolute atomic E-state index is 14.9. The van der Waals surface area contributed by atoms with Crippen molar-refractivity contribution in [2.24, 2.45) is 0 Å². The van der Waals surface area contributed by atoms with Crippen molar-refractivity contribution >= 4 is 34.4 Å². The molecule has 210 valence electrons. The molecule has 1 heterocycles. The van der Waals surface area contributed by atoms with Crippen LogP contribution in [-0.4, -0.2) is 27.7 Å². The number of amides is 1. The third kappa shape index (κ3) is 5.85. The van der Waals surface area contributed by atoms with Gasteiger partial charge in [0, 0.05) is 28.7 Å². The molecule has 0 aliphatic rings. The first-order valence-electron chi connectivity index (χ1n) is 13.3. The maximum atomic E-state index is 14.9. The Balaban J connectivity index is 1.59. The van der Waals surface area contributed by atoms with Crippen LogP contribution in [0.1, 0.15) is 78.0 Å². The van der Waals surface area contributed by atoms with E-state index in [0.717, 1.165) is 27.7 Å². The lowest BCUT2D eigenvalue weighted by Crippen LogP contribution is -2.26. The summed E-state index contributed by atoms with van der Waals surface area (Å²) in [4.78, 5) is 24.3. The number of nitrogens with zero attached hydrogens (tertiary/aromatic N) is 1. The molecule has 2 N–H and O–H groups in total. The summed E-state index contributed by atoms with van der Waals surface area (Å²) >= 11 is 6.35. The second-order valence-electron chi connectivity index (χ2n) is 10.5. The number of aliphatic carboxylic acids is 1. The molecule has 0 aliphatic heterocycles. The van der Waals surface area contributed by atoms with Gasteiger partial charge in [0.05, 0.1) is 11.1 Å². The number of aromatic nitrogens is 1. The molecule has 0 aliphatic carbocycles. The zero-order valence-corrected chi connectivity index (χ0v) is 24.3. The molecule has 0 saturated heterocycles. The molecule has 40 heavy (non-hydrogen) atoms. The molecule has 0 bridgehead atoms. The van der Waals surface area contributed by atoms with Gasteiger partial charge in [0.25, 0.3) is 5.91 Å². The summed E-state index contributed by atoms with van der Waals surface area (Å²) in [7, 11) is 0. The number of carbonyl (C=O) groups excluding carboxylic acids is 1. The number of aryl methyl sites for hydroxylation is 1. The maximum Gasteiger partial charge on any atom is 0.344 e. The molecule has 2 atom stereocenters. The van der Waals surface area contributed by atoms with E-state index in [2.05, 4.69) is 31.3 Å². The molecule has 4 aromatic rings. The third-order valence-corrected chi connectivity index (χ3v) is 7.84. The van der Waals surface area contributed by atoms with Crippen LogP contribution in [0.15, 0.2) is 54.6 Å². The number of fused-ring (bicyclic) bond motifs is 1. The number of carboxylic acid groups (broad SMARTS) is 1. The van der Waals surface area contributed by atoms with Gasteiger partial charge in [-0.15, -0.1) is 0 Å². The number of halogens is 2. The summed E-state index contributed by atoms with van der Waals surface area (Å²) < 4.78 is 22.2. The zero-order valence-electron chi connectivity index (χ0n) is 23.5. The standard InChI is InChI=1S/C32H34ClFN2O4/c1-17(2)22-8-7-9-23(14-22)19(4)35-31(37)24-10-12-27-26(15-24)18(3)20(5)36(27)16-25-11-13-28(30(34)29(25)33)40-21(6)32(38)39/h7-15,17,19,21H,16H2,1-6H3,(H,35,37)(H,38,39). The van der Waals surface area contributed by atoms with E-state index < -0.39 is 17.9 Å². The summed E-state index contributed by atoms with van der Waals surface area (Å²) in [6.07, 6.45) is -1.21. The fourth-order valence-corrected chi connectivity index (χ4v) is 4.96. The van der Waals surface area contributed by atoms with Crippen LogP contribution in [0.2, 0.25) is 5.02 Å². The zero-order chi connectivity index (χ0) is 29.3. The van der Waals surface area contributed by atoms with E-state index in [4.69, 9.17) is 21.4 Å². The van der Waals surface area contributed by atoms with E-state index in [1.165, 1.54) is 18.6 Å². The SMILES string of the molecule is Cc1c(C)n(Cc2ccc(OC(C)C(=O)O)c(F)c2Cl)c2ccc(C(=O)NC(C)c3cccc(C(C)C)c3)cc12. The average molecular weight is 565 g/mol. The fourth-order valence-electron chi connectivity index (χ4n) is 4.74. The minimum absolute atomic E-state index is 0.125. The summed E-state index contributed by atoms with van der Waals surface area (Å²) in [5.41, 5.74) is 6.21.